The van der Waals surface area contributed by atoms with E-state index in [1.54, 1.807) is 12.1 Å². The van der Waals surface area contributed by atoms with Gasteiger partial charge < -0.3 is 10.0 Å². The largest absolute Gasteiger partial charge is 0.393 e. The van der Waals surface area contributed by atoms with Crippen molar-refractivity contribution < 1.29 is 9.50 Å². The van der Waals surface area contributed by atoms with Gasteiger partial charge in [0, 0.05) is 24.3 Å². The van der Waals surface area contributed by atoms with Crippen LogP contribution in [0.3, 0.4) is 0 Å². The minimum absolute atomic E-state index is 0.156. The van der Waals surface area contributed by atoms with Crippen LogP contribution >= 0.6 is 0 Å². The smallest absolute Gasteiger partial charge is 0.123 e. The fourth-order valence-electron chi connectivity index (χ4n) is 3.70. The second kappa shape index (κ2) is 7.03. The van der Waals surface area contributed by atoms with E-state index in [0.717, 1.165) is 49.4 Å². The molecule has 5 heteroatoms. The quantitative estimate of drug-likeness (QED) is 0.914. The summed E-state index contributed by atoms with van der Waals surface area (Å²) in [6, 6.07) is 6.41. The first-order chi connectivity index (χ1) is 11.5. The van der Waals surface area contributed by atoms with Crippen molar-refractivity contribution >= 4 is 0 Å². The van der Waals surface area contributed by atoms with E-state index in [9.17, 15) is 9.50 Å². The highest BCUT2D eigenvalue weighted by Crippen LogP contribution is 2.27. The van der Waals surface area contributed by atoms with E-state index in [0.29, 0.717) is 5.92 Å². The van der Waals surface area contributed by atoms with Gasteiger partial charge in [-0.05, 0) is 63.9 Å². The molecule has 1 saturated carbocycles. The van der Waals surface area contributed by atoms with Crippen LogP contribution in [0, 0.1) is 25.6 Å². The van der Waals surface area contributed by atoms with Gasteiger partial charge in [0.2, 0.25) is 0 Å². The van der Waals surface area contributed by atoms with Gasteiger partial charge in [0.1, 0.15) is 5.82 Å². The van der Waals surface area contributed by atoms with E-state index in [4.69, 9.17) is 0 Å². The summed E-state index contributed by atoms with van der Waals surface area (Å²) in [5.74, 6) is 0.137. The van der Waals surface area contributed by atoms with Crippen LogP contribution in [0.5, 0.6) is 0 Å². The molecule has 1 N–H and O–H groups in total. The first-order valence-electron chi connectivity index (χ1n) is 8.63. The van der Waals surface area contributed by atoms with Crippen molar-refractivity contribution in [3.05, 3.63) is 47.0 Å². The molecule has 4 nitrogen and oxygen atoms in total. The van der Waals surface area contributed by atoms with Crippen LogP contribution in [-0.4, -0.2) is 39.5 Å². The first-order valence-corrected chi connectivity index (χ1v) is 8.63. The number of aryl methyl sites for hydroxylation is 1. The number of rotatable bonds is 5. The molecule has 0 spiro atoms. The van der Waals surface area contributed by atoms with E-state index in [-0.39, 0.29) is 11.9 Å². The summed E-state index contributed by atoms with van der Waals surface area (Å²) in [5.41, 5.74) is 4.15. The Morgan fingerprint density at radius 1 is 1.25 bits per heavy atom. The molecule has 1 heterocycles. The van der Waals surface area contributed by atoms with Crippen molar-refractivity contribution in [2.24, 2.45) is 5.92 Å². The van der Waals surface area contributed by atoms with Gasteiger partial charge in [-0.1, -0.05) is 6.42 Å². The van der Waals surface area contributed by atoms with E-state index >= 15 is 0 Å². The van der Waals surface area contributed by atoms with E-state index < -0.39 is 0 Å². The van der Waals surface area contributed by atoms with Gasteiger partial charge in [-0.25, -0.2) is 9.07 Å². The Morgan fingerprint density at radius 2 is 1.96 bits per heavy atom. The zero-order valence-electron chi connectivity index (χ0n) is 14.7. The molecule has 0 aliphatic heterocycles. The predicted molar refractivity (Wildman–Crippen MR) is 92.7 cm³/mol. The number of benzene rings is 1. The third-order valence-electron chi connectivity index (χ3n) is 5.11. The molecule has 2 unspecified atom stereocenters. The fraction of sp³-hybridized carbons (Fsp3) is 0.526. The highest BCUT2D eigenvalue weighted by atomic mass is 19.1. The molecule has 24 heavy (non-hydrogen) atoms. The highest BCUT2D eigenvalue weighted by Gasteiger charge is 2.26. The van der Waals surface area contributed by atoms with Crippen LogP contribution in [0.2, 0.25) is 0 Å². The van der Waals surface area contributed by atoms with Crippen molar-refractivity contribution in [1.82, 2.24) is 14.7 Å². The topological polar surface area (TPSA) is 41.3 Å². The number of nitrogens with zero attached hydrogens (tertiary/aromatic N) is 3. The standard InChI is InChI=1S/C19H26FN3O/c1-13-18(12-22(3)11-15-5-4-6-19(15)24)14(2)23(21-13)17-9-7-16(20)8-10-17/h7-10,15,19,24H,4-6,11-12H2,1-3H3. The Hall–Kier alpha value is -1.72. The predicted octanol–water partition coefficient (Wildman–Crippen LogP) is 3.22. The lowest BCUT2D eigenvalue weighted by molar-refractivity contribution is 0.108. The number of halogens is 1. The second-order valence-corrected chi connectivity index (χ2v) is 6.99. The maximum atomic E-state index is 13.1. The Morgan fingerprint density at radius 3 is 2.58 bits per heavy atom. The Bertz CT molecular complexity index is 695. The van der Waals surface area contributed by atoms with Crippen LogP contribution in [0.4, 0.5) is 4.39 Å². The molecule has 2 aromatic rings. The summed E-state index contributed by atoms with van der Waals surface area (Å²) in [6.45, 7) is 5.78. The van der Waals surface area contributed by atoms with Gasteiger partial charge in [0.25, 0.3) is 0 Å². The highest BCUT2D eigenvalue weighted by molar-refractivity contribution is 5.37. The van der Waals surface area contributed by atoms with Crippen LogP contribution in [0.15, 0.2) is 24.3 Å². The van der Waals surface area contributed by atoms with Crippen molar-refractivity contribution in [3.8, 4) is 5.69 Å². The van der Waals surface area contributed by atoms with Gasteiger partial charge in [-0.3, -0.25) is 0 Å². The zero-order valence-corrected chi connectivity index (χ0v) is 14.7. The van der Waals surface area contributed by atoms with E-state index in [1.165, 1.54) is 17.7 Å². The molecule has 0 radical (unpaired) electrons. The van der Waals surface area contributed by atoms with Crippen LogP contribution in [0.25, 0.3) is 5.69 Å². The van der Waals surface area contributed by atoms with Crippen molar-refractivity contribution in [1.29, 1.82) is 0 Å². The molecular weight excluding hydrogens is 305 g/mol. The van der Waals surface area contributed by atoms with Gasteiger partial charge in [-0.15, -0.1) is 0 Å². The van der Waals surface area contributed by atoms with Crippen LogP contribution in [0.1, 0.15) is 36.2 Å². The average Bonchev–Trinajstić information content (AvgIpc) is 3.06. The van der Waals surface area contributed by atoms with Crippen molar-refractivity contribution in [2.75, 3.05) is 13.6 Å². The molecule has 130 valence electrons. The average molecular weight is 331 g/mol. The zero-order chi connectivity index (χ0) is 17.3. The van der Waals surface area contributed by atoms with E-state index in [1.807, 2.05) is 11.6 Å². The summed E-state index contributed by atoms with van der Waals surface area (Å²) >= 11 is 0. The maximum Gasteiger partial charge on any atom is 0.123 e. The van der Waals surface area contributed by atoms with Crippen LogP contribution in [-0.2, 0) is 6.54 Å². The minimum atomic E-state index is -0.240. The Balaban J connectivity index is 1.75. The van der Waals surface area contributed by atoms with Gasteiger partial charge in [0.15, 0.2) is 0 Å². The fourth-order valence-corrected chi connectivity index (χ4v) is 3.70. The van der Waals surface area contributed by atoms with Gasteiger partial charge >= 0.3 is 0 Å². The second-order valence-electron chi connectivity index (χ2n) is 6.99. The van der Waals surface area contributed by atoms with Crippen LogP contribution < -0.4 is 0 Å². The van der Waals surface area contributed by atoms with Gasteiger partial charge in [0.05, 0.1) is 17.5 Å². The lowest BCUT2D eigenvalue weighted by atomic mass is 10.1. The number of aliphatic hydroxyl groups excluding tert-OH is 1. The molecule has 1 aromatic carbocycles. The monoisotopic (exact) mass is 331 g/mol. The minimum Gasteiger partial charge on any atom is -0.393 e. The SMILES string of the molecule is Cc1nn(-c2ccc(F)cc2)c(C)c1CN(C)CC1CCCC1O. The lowest BCUT2D eigenvalue weighted by Gasteiger charge is -2.23. The Kier molecular flexibility index (Phi) is 5.01. The molecule has 1 aromatic heterocycles. The normalized spacial score (nSPS) is 20.9. The van der Waals surface area contributed by atoms with E-state index in [2.05, 4.69) is 24.0 Å². The third kappa shape index (κ3) is 3.52. The number of aromatic nitrogens is 2. The lowest BCUT2D eigenvalue weighted by Crippen LogP contribution is -2.29. The third-order valence-corrected chi connectivity index (χ3v) is 5.11. The Labute approximate surface area is 142 Å². The summed E-state index contributed by atoms with van der Waals surface area (Å²) in [7, 11) is 2.10. The summed E-state index contributed by atoms with van der Waals surface area (Å²) in [5, 5.41) is 14.6. The number of aliphatic hydroxyl groups is 1. The van der Waals surface area contributed by atoms with Crippen molar-refractivity contribution in [3.63, 3.8) is 0 Å². The molecule has 0 saturated heterocycles. The molecule has 1 aliphatic rings. The maximum absolute atomic E-state index is 13.1. The molecule has 1 aliphatic carbocycles. The summed E-state index contributed by atoms with van der Waals surface area (Å²) in [4.78, 5) is 2.27. The molecule has 1 fully saturated rings. The number of hydrogen-bond acceptors (Lipinski definition) is 3. The molecule has 0 amide bonds. The molecular formula is C19H26FN3O. The summed E-state index contributed by atoms with van der Waals surface area (Å²) in [6.07, 6.45) is 3.01. The molecule has 0 bridgehead atoms. The first kappa shape index (κ1) is 17.1. The molecule has 2 atom stereocenters. The van der Waals surface area contributed by atoms with Gasteiger partial charge in [-0.2, -0.15) is 5.10 Å². The molecule has 3 rings (SSSR count). The van der Waals surface area contributed by atoms with Crippen molar-refractivity contribution in [2.45, 2.75) is 45.8 Å². The summed E-state index contributed by atoms with van der Waals surface area (Å²) < 4.78 is 15.0. The number of hydrogen-bond donors (Lipinski definition) is 1.